The fourth-order valence-electron chi connectivity index (χ4n) is 1.90. The Kier molecular flexibility index (Phi) is 4.33. The molecule has 2 amide bonds. The number of likely N-dealkylation sites (N-methyl/N-ethyl adjacent to an activating group) is 1. The minimum absolute atomic E-state index is 0.0163. The summed E-state index contributed by atoms with van der Waals surface area (Å²) in [5.41, 5.74) is 0.649. The van der Waals surface area contributed by atoms with E-state index in [2.05, 4.69) is 5.32 Å². The molecule has 0 radical (unpaired) electrons. The van der Waals surface area contributed by atoms with Gasteiger partial charge in [0, 0.05) is 38.6 Å². The Morgan fingerprint density at radius 2 is 2.17 bits per heavy atom. The Labute approximate surface area is 110 Å². The SMILES string of the molecule is CN(CC(=O)N1CCNCC1)C(=O)c1ccsc1. The van der Waals surface area contributed by atoms with Crippen LogP contribution >= 0.6 is 11.3 Å². The Morgan fingerprint density at radius 1 is 1.44 bits per heavy atom. The summed E-state index contributed by atoms with van der Waals surface area (Å²) in [6.07, 6.45) is 0. The maximum atomic E-state index is 12.0. The summed E-state index contributed by atoms with van der Waals surface area (Å²) < 4.78 is 0. The van der Waals surface area contributed by atoms with Crippen molar-refractivity contribution in [1.29, 1.82) is 0 Å². The molecule has 1 saturated heterocycles. The molecule has 1 N–H and O–H groups in total. The summed E-state index contributed by atoms with van der Waals surface area (Å²) in [5.74, 6) is -0.0812. The third kappa shape index (κ3) is 3.08. The molecule has 1 aliphatic heterocycles. The van der Waals surface area contributed by atoms with Crippen LogP contribution in [0.4, 0.5) is 0 Å². The Balaban J connectivity index is 1.88. The van der Waals surface area contributed by atoms with Gasteiger partial charge in [-0.2, -0.15) is 11.3 Å². The van der Waals surface area contributed by atoms with Crippen LogP contribution in [0.5, 0.6) is 0 Å². The van der Waals surface area contributed by atoms with Gasteiger partial charge in [0.15, 0.2) is 0 Å². The summed E-state index contributed by atoms with van der Waals surface area (Å²) in [6, 6.07) is 1.78. The molecule has 0 bridgehead atoms. The molecule has 0 aromatic carbocycles. The molecule has 0 atom stereocenters. The highest BCUT2D eigenvalue weighted by Crippen LogP contribution is 2.08. The van der Waals surface area contributed by atoms with E-state index in [9.17, 15) is 9.59 Å². The molecule has 6 heteroatoms. The highest BCUT2D eigenvalue weighted by Gasteiger charge is 2.20. The number of nitrogens with zero attached hydrogens (tertiary/aromatic N) is 2. The molecule has 2 heterocycles. The number of piperazine rings is 1. The van der Waals surface area contributed by atoms with Crippen molar-refractivity contribution in [3.8, 4) is 0 Å². The number of nitrogens with one attached hydrogen (secondary N) is 1. The van der Waals surface area contributed by atoms with Crippen molar-refractivity contribution in [3.63, 3.8) is 0 Å². The molecular formula is C12H17N3O2S. The van der Waals surface area contributed by atoms with Crippen LogP contribution in [0.15, 0.2) is 16.8 Å². The van der Waals surface area contributed by atoms with E-state index in [4.69, 9.17) is 0 Å². The fraction of sp³-hybridized carbons (Fsp3) is 0.500. The zero-order chi connectivity index (χ0) is 13.0. The first-order valence-electron chi connectivity index (χ1n) is 5.94. The molecule has 1 fully saturated rings. The van der Waals surface area contributed by atoms with E-state index in [1.54, 1.807) is 23.4 Å². The monoisotopic (exact) mass is 267 g/mol. The highest BCUT2D eigenvalue weighted by molar-refractivity contribution is 7.08. The number of amides is 2. The van der Waals surface area contributed by atoms with Gasteiger partial charge in [0.25, 0.3) is 5.91 Å². The minimum atomic E-state index is -0.0975. The maximum absolute atomic E-state index is 12.0. The van der Waals surface area contributed by atoms with Gasteiger partial charge in [-0.3, -0.25) is 9.59 Å². The minimum Gasteiger partial charge on any atom is -0.339 e. The predicted molar refractivity (Wildman–Crippen MR) is 70.7 cm³/mol. The smallest absolute Gasteiger partial charge is 0.254 e. The first-order chi connectivity index (χ1) is 8.68. The summed E-state index contributed by atoms with van der Waals surface area (Å²) in [4.78, 5) is 27.2. The molecule has 1 aromatic heterocycles. The van der Waals surface area contributed by atoms with E-state index in [1.165, 1.54) is 16.2 Å². The summed E-state index contributed by atoms with van der Waals surface area (Å²) in [7, 11) is 1.67. The molecule has 0 saturated carbocycles. The lowest BCUT2D eigenvalue weighted by atomic mass is 10.3. The van der Waals surface area contributed by atoms with E-state index in [0.717, 1.165) is 26.2 Å². The molecular weight excluding hydrogens is 250 g/mol. The summed E-state index contributed by atoms with van der Waals surface area (Å²) in [6.45, 7) is 3.25. The van der Waals surface area contributed by atoms with Crippen LogP contribution < -0.4 is 5.32 Å². The lowest BCUT2D eigenvalue weighted by Crippen LogP contribution is -2.49. The van der Waals surface area contributed by atoms with E-state index in [0.29, 0.717) is 5.56 Å². The van der Waals surface area contributed by atoms with Crippen molar-refractivity contribution in [2.45, 2.75) is 0 Å². The number of carbonyl (C=O) groups is 2. The van der Waals surface area contributed by atoms with Crippen molar-refractivity contribution in [2.24, 2.45) is 0 Å². The predicted octanol–water partition coefficient (Wildman–Crippen LogP) is 0.252. The third-order valence-corrected chi connectivity index (χ3v) is 3.64. The zero-order valence-corrected chi connectivity index (χ0v) is 11.2. The van der Waals surface area contributed by atoms with E-state index in [1.807, 2.05) is 5.38 Å². The fourth-order valence-corrected chi connectivity index (χ4v) is 2.53. The number of hydrogen-bond acceptors (Lipinski definition) is 4. The van der Waals surface area contributed by atoms with Crippen LogP contribution in [-0.2, 0) is 4.79 Å². The summed E-state index contributed by atoms with van der Waals surface area (Å²) >= 11 is 1.48. The van der Waals surface area contributed by atoms with Gasteiger partial charge >= 0.3 is 0 Å². The molecule has 0 aliphatic carbocycles. The van der Waals surface area contributed by atoms with Gasteiger partial charge in [-0.05, 0) is 11.4 Å². The summed E-state index contributed by atoms with van der Waals surface area (Å²) in [5, 5.41) is 6.86. The average molecular weight is 267 g/mol. The van der Waals surface area contributed by atoms with Gasteiger partial charge in [0.05, 0.1) is 12.1 Å². The highest BCUT2D eigenvalue weighted by atomic mass is 32.1. The second-order valence-corrected chi connectivity index (χ2v) is 5.08. The molecule has 0 unspecified atom stereocenters. The van der Waals surface area contributed by atoms with Crippen LogP contribution in [0.3, 0.4) is 0 Å². The van der Waals surface area contributed by atoms with Crippen molar-refractivity contribution in [1.82, 2.24) is 15.1 Å². The van der Waals surface area contributed by atoms with E-state index < -0.39 is 0 Å². The Bertz CT molecular complexity index is 413. The first-order valence-corrected chi connectivity index (χ1v) is 6.89. The topological polar surface area (TPSA) is 52.7 Å². The standard InChI is InChI=1S/C12H17N3O2S/c1-14(12(17)10-2-7-18-9-10)8-11(16)15-5-3-13-4-6-15/h2,7,9,13H,3-6,8H2,1H3. The van der Waals surface area contributed by atoms with Crippen molar-refractivity contribution < 1.29 is 9.59 Å². The van der Waals surface area contributed by atoms with Gasteiger partial charge in [0.1, 0.15) is 0 Å². The van der Waals surface area contributed by atoms with Crippen molar-refractivity contribution in [3.05, 3.63) is 22.4 Å². The Morgan fingerprint density at radius 3 is 2.78 bits per heavy atom. The number of rotatable bonds is 3. The normalized spacial score (nSPS) is 15.5. The number of carbonyl (C=O) groups excluding carboxylic acids is 2. The Hall–Kier alpha value is -1.40. The quantitative estimate of drug-likeness (QED) is 0.854. The van der Waals surface area contributed by atoms with Crippen LogP contribution in [0, 0.1) is 0 Å². The van der Waals surface area contributed by atoms with Crippen LogP contribution in [0.2, 0.25) is 0 Å². The second-order valence-electron chi connectivity index (χ2n) is 4.30. The zero-order valence-electron chi connectivity index (χ0n) is 10.4. The second kappa shape index (κ2) is 5.97. The molecule has 2 rings (SSSR count). The van der Waals surface area contributed by atoms with Crippen LogP contribution in [0.25, 0.3) is 0 Å². The largest absolute Gasteiger partial charge is 0.339 e. The molecule has 98 valence electrons. The lowest BCUT2D eigenvalue weighted by Gasteiger charge is -2.29. The molecule has 1 aliphatic rings. The first kappa shape index (κ1) is 13.0. The molecule has 5 nitrogen and oxygen atoms in total. The van der Waals surface area contributed by atoms with Gasteiger partial charge in [-0.25, -0.2) is 0 Å². The third-order valence-electron chi connectivity index (χ3n) is 2.96. The van der Waals surface area contributed by atoms with Gasteiger partial charge in [-0.1, -0.05) is 0 Å². The molecule has 18 heavy (non-hydrogen) atoms. The number of hydrogen-bond donors (Lipinski definition) is 1. The van der Waals surface area contributed by atoms with E-state index >= 15 is 0 Å². The van der Waals surface area contributed by atoms with Gasteiger partial charge < -0.3 is 15.1 Å². The maximum Gasteiger partial charge on any atom is 0.254 e. The average Bonchev–Trinajstić information content (AvgIpc) is 2.92. The van der Waals surface area contributed by atoms with Crippen molar-refractivity contribution in [2.75, 3.05) is 39.8 Å². The number of thiophene rings is 1. The van der Waals surface area contributed by atoms with Crippen LogP contribution in [0.1, 0.15) is 10.4 Å². The molecule has 1 aromatic rings. The van der Waals surface area contributed by atoms with E-state index in [-0.39, 0.29) is 18.4 Å². The van der Waals surface area contributed by atoms with Gasteiger partial charge in [-0.15, -0.1) is 0 Å². The lowest BCUT2D eigenvalue weighted by molar-refractivity contribution is -0.132. The van der Waals surface area contributed by atoms with Crippen LogP contribution in [-0.4, -0.2) is 61.4 Å². The van der Waals surface area contributed by atoms with Crippen molar-refractivity contribution >= 4 is 23.2 Å². The molecule has 0 spiro atoms. The van der Waals surface area contributed by atoms with Gasteiger partial charge in [0.2, 0.25) is 5.91 Å².